The van der Waals surface area contributed by atoms with Crippen LogP contribution in [0.1, 0.15) is 83.2 Å². The maximum absolute atomic E-state index is 14.5. The Kier molecular flexibility index (Phi) is 8.46. The average Bonchev–Trinajstić information content (AvgIpc) is 3.65. The van der Waals surface area contributed by atoms with Gasteiger partial charge < -0.3 is 5.32 Å². The molecule has 3 nitrogen and oxygen atoms in total. The Hall–Kier alpha value is -2.75. The summed E-state index contributed by atoms with van der Waals surface area (Å²) in [7, 11) is 0. The molecule has 1 N–H and O–H groups in total. The van der Waals surface area contributed by atoms with Crippen LogP contribution in [0.25, 0.3) is 10.9 Å². The highest BCUT2D eigenvalue weighted by molar-refractivity contribution is 5.79. The van der Waals surface area contributed by atoms with Crippen LogP contribution in [-0.2, 0) is 6.42 Å². The van der Waals surface area contributed by atoms with Gasteiger partial charge in [0.25, 0.3) is 0 Å². The highest BCUT2D eigenvalue weighted by atomic mass is 19.1. The maximum Gasteiger partial charge on any atom is 0.111 e. The van der Waals surface area contributed by atoms with E-state index in [1.54, 1.807) is 6.92 Å². The van der Waals surface area contributed by atoms with Gasteiger partial charge >= 0.3 is 0 Å². The van der Waals surface area contributed by atoms with Crippen LogP contribution >= 0.6 is 0 Å². The minimum absolute atomic E-state index is 0.00801. The molecule has 1 aliphatic carbocycles. The van der Waals surface area contributed by atoms with Crippen molar-refractivity contribution in [3.8, 4) is 0 Å². The number of hydrogen-bond acceptors (Lipinski definition) is 3. The van der Waals surface area contributed by atoms with E-state index < -0.39 is 5.67 Å². The molecule has 34 heavy (non-hydrogen) atoms. The first-order valence-electron chi connectivity index (χ1n) is 12.7. The quantitative estimate of drug-likeness (QED) is 0.351. The number of para-hydroxylation sites is 1. The van der Waals surface area contributed by atoms with Gasteiger partial charge in [0, 0.05) is 41.1 Å². The minimum Gasteiger partial charge on any atom is -0.382 e. The Morgan fingerprint density at radius 2 is 1.85 bits per heavy atom. The summed E-state index contributed by atoms with van der Waals surface area (Å²) in [6, 6.07) is 14.7. The number of allylic oxidation sites excluding steroid dienone is 1. The van der Waals surface area contributed by atoms with Crippen molar-refractivity contribution in [2.75, 3.05) is 0 Å². The summed E-state index contributed by atoms with van der Waals surface area (Å²) in [6.45, 7) is 16.0. The van der Waals surface area contributed by atoms with E-state index in [2.05, 4.69) is 53.1 Å². The van der Waals surface area contributed by atoms with Crippen LogP contribution in [0, 0.1) is 11.8 Å². The number of aryl methyl sites for hydroxylation is 1. The Labute approximate surface area is 204 Å². The van der Waals surface area contributed by atoms with Gasteiger partial charge in [0.2, 0.25) is 0 Å². The molecule has 2 heterocycles. The van der Waals surface area contributed by atoms with Crippen LogP contribution < -0.4 is 5.32 Å². The molecule has 0 radical (unpaired) electrons. The third-order valence-electron chi connectivity index (χ3n) is 7.10. The van der Waals surface area contributed by atoms with Gasteiger partial charge in [0.05, 0.1) is 5.52 Å². The SMILES string of the molecule is C=C(NC(C)c1ccc(CCC(C)(F)C(C)C)nc1)C1CC1c1cnc2ccccc2c1.CC. The largest absolute Gasteiger partial charge is 0.382 e. The molecule has 0 saturated heterocycles. The van der Waals surface area contributed by atoms with Crippen molar-refractivity contribution in [2.24, 2.45) is 11.8 Å². The van der Waals surface area contributed by atoms with Crippen LogP contribution in [0.3, 0.4) is 0 Å². The lowest BCUT2D eigenvalue weighted by Crippen LogP contribution is -2.26. The van der Waals surface area contributed by atoms with Gasteiger partial charge in [-0.05, 0) is 74.3 Å². The number of fused-ring (bicyclic) bond motifs is 1. The van der Waals surface area contributed by atoms with E-state index >= 15 is 0 Å². The highest BCUT2D eigenvalue weighted by Gasteiger charge is 2.41. The molecule has 1 saturated carbocycles. The normalized spacial score (nSPS) is 19.6. The molecule has 0 amide bonds. The van der Waals surface area contributed by atoms with Crippen molar-refractivity contribution in [3.05, 3.63) is 84.0 Å². The van der Waals surface area contributed by atoms with Crippen molar-refractivity contribution in [1.82, 2.24) is 15.3 Å². The predicted molar refractivity (Wildman–Crippen MR) is 142 cm³/mol. The van der Waals surface area contributed by atoms with Crippen molar-refractivity contribution >= 4 is 10.9 Å². The number of aromatic nitrogens is 2. The number of nitrogens with zero attached hydrogens (tertiary/aromatic N) is 2. The number of hydrogen-bond donors (Lipinski definition) is 1. The van der Waals surface area contributed by atoms with E-state index in [4.69, 9.17) is 0 Å². The standard InChI is InChI=1S/C28H34FN3.C2H6/c1-18(2)28(5,29)13-12-24-11-10-22(16-30-24)19(3)32-20(4)25-15-26(25)23-14-21-8-6-7-9-27(21)31-17-23;1-2/h6-11,14,16-19,25-26,32H,4,12-13,15H2,1-3,5H3;1-2H3. The zero-order chi connectivity index (χ0) is 24.9. The number of halogens is 1. The van der Waals surface area contributed by atoms with E-state index in [9.17, 15) is 4.39 Å². The minimum atomic E-state index is -1.16. The molecular weight excluding hydrogens is 421 g/mol. The zero-order valence-electron chi connectivity index (χ0n) is 21.6. The summed E-state index contributed by atoms with van der Waals surface area (Å²) >= 11 is 0. The number of pyridine rings is 2. The average molecular weight is 462 g/mol. The molecule has 1 aromatic carbocycles. The van der Waals surface area contributed by atoms with E-state index in [0.29, 0.717) is 24.7 Å². The first-order chi connectivity index (χ1) is 16.2. The molecule has 0 aliphatic heterocycles. The lowest BCUT2D eigenvalue weighted by Gasteiger charge is -2.24. The van der Waals surface area contributed by atoms with E-state index in [1.165, 1.54) is 10.9 Å². The maximum atomic E-state index is 14.5. The van der Waals surface area contributed by atoms with Crippen LogP contribution in [0.4, 0.5) is 4.39 Å². The van der Waals surface area contributed by atoms with Crippen LogP contribution in [0.5, 0.6) is 0 Å². The molecule has 4 unspecified atom stereocenters. The molecule has 182 valence electrons. The van der Waals surface area contributed by atoms with Gasteiger partial charge in [-0.3, -0.25) is 9.97 Å². The fraction of sp³-hybridized carbons (Fsp3) is 0.467. The Bertz CT molecular complexity index is 1090. The monoisotopic (exact) mass is 461 g/mol. The van der Waals surface area contributed by atoms with E-state index in [-0.39, 0.29) is 12.0 Å². The Balaban J connectivity index is 0.00000158. The number of alkyl halides is 1. The van der Waals surface area contributed by atoms with Gasteiger partial charge in [0.1, 0.15) is 5.67 Å². The summed E-state index contributed by atoms with van der Waals surface area (Å²) in [4.78, 5) is 9.19. The molecule has 4 atom stereocenters. The summed E-state index contributed by atoms with van der Waals surface area (Å²) in [6.07, 6.45) is 6.17. The second-order valence-corrected chi connectivity index (χ2v) is 9.82. The summed E-state index contributed by atoms with van der Waals surface area (Å²) in [5, 5.41) is 4.76. The highest BCUT2D eigenvalue weighted by Crippen LogP contribution is 2.51. The summed E-state index contributed by atoms with van der Waals surface area (Å²) < 4.78 is 14.5. The fourth-order valence-corrected chi connectivity index (χ4v) is 4.21. The molecule has 4 heteroatoms. The van der Waals surface area contributed by atoms with Crippen LogP contribution in [-0.4, -0.2) is 15.6 Å². The molecule has 4 rings (SSSR count). The van der Waals surface area contributed by atoms with Crippen LogP contribution in [0.2, 0.25) is 0 Å². The lowest BCUT2D eigenvalue weighted by atomic mass is 9.89. The van der Waals surface area contributed by atoms with Gasteiger partial charge in [-0.2, -0.15) is 0 Å². The molecule has 3 aromatic rings. The number of rotatable bonds is 9. The van der Waals surface area contributed by atoms with Gasteiger partial charge in [-0.15, -0.1) is 0 Å². The first-order valence-corrected chi connectivity index (χ1v) is 12.7. The van der Waals surface area contributed by atoms with Gasteiger partial charge in [-0.1, -0.05) is 58.5 Å². The lowest BCUT2D eigenvalue weighted by molar-refractivity contribution is 0.112. The van der Waals surface area contributed by atoms with E-state index in [1.807, 2.05) is 58.3 Å². The Morgan fingerprint density at radius 3 is 2.53 bits per heavy atom. The smallest absolute Gasteiger partial charge is 0.111 e. The van der Waals surface area contributed by atoms with Crippen molar-refractivity contribution in [2.45, 2.75) is 78.4 Å². The third-order valence-corrected chi connectivity index (χ3v) is 7.10. The Morgan fingerprint density at radius 1 is 1.12 bits per heavy atom. The van der Waals surface area contributed by atoms with E-state index in [0.717, 1.165) is 28.9 Å². The predicted octanol–water partition coefficient (Wildman–Crippen LogP) is 7.94. The summed E-state index contributed by atoms with van der Waals surface area (Å²) in [5.74, 6) is 0.926. The summed E-state index contributed by atoms with van der Waals surface area (Å²) in [5.41, 5.74) is 4.30. The van der Waals surface area contributed by atoms with Crippen molar-refractivity contribution in [3.63, 3.8) is 0 Å². The van der Waals surface area contributed by atoms with Crippen molar-refractivity contribution < 1.29 is 4.39 Å². The molecule has 1 aliphatic rings. The molecule has 0 bridgehead atoms. The third kappa shape index (κ3) is 6.22. The molecule has 1 fully saturated rings. The molecular formula is C30H40FN3. The van der Waals surface area contributed by atoms with Gasteiger partial charge in [-0.25, -0.2) is 4.39 Å². The second kappa shape index (κ2) is 11.1. The number of benzene rings is 1. The first kappa shape index (κ1) is 25.9. The number of nitrogens with one attached hydrogen (secondary N) is 1. The fourth-order valence-electron chi connectivity index (χ4n) is 4.21. The van der Waals surface area contributed by atoms with Gasteiger partial charge in [0.15, 0.2) is 0 Å². The van der Waals surface area contributed by atoms with Crippen molar-refractivity contribution in [1.29, 1.82) is 0 Å². The topological polar surface area (TPSA) is 37.8 Å². The second-order valence-electron chi connectivity index (χ2n) is 9.82. The zero-order valence-corrected chi connectivity index (χ0v) is 21.6. The molecule has 2 aromatic heterocycles. The molecule has 0 spiro atoms. The van der Waals surface area contributed by atoms with Crippen LogP contribution in [0.15, 0.2) is 67.1 Å².